The molecule has 1 heterocycles. The van der Waals surface area contributed by atoms with Gasteiger partial charge in [0, 0.05) is 0 Å². The molecule has 1 aromatic carbocycles. The van der Waals surface area contributed by atoms with E-state index in [-0.39, 0.29) is 5.82 Å². The second-order valence-corrected chi connectivity index (χ2v) is 7.68. The molecule has 0 spiro atoms. The number of benzene rings is 1. The summed E-state index contributed by atoms with van der Waals surface area (Å²) in [6, 6.07) is 6.81. The zero-order valence-corrected chi connectivity index (χ0v) is 11.4. The number of hydrogen-bond acceptors (Lipinski definition) is 2. The van der Waals surface area contributed by atoms with Crippen LogP contribution in [0.5, 0.6) is 0 Å². The molecule has 0 N–H and O–H groups in total. The molecule has 1 aliphatic rings. The third kappa shape index (κ3) is 3.87. The SMILES string of the molecule is Fc1ccc(CSC2C[Se]C=CS2)cc1. The van der Waals surface area contributed by atoms with Gasteiger partial charge in [-0.15, -0.1) is 0 Å². The third-order valence-electron chi connectivity index (χ3n) is 1.96. The van der Waals surface area contributed by atoms with E-state index in [1.165, 1.54) is 23.0 Å². The monoisotopic (exact) mass is 306 g/mol. The third-order valence-corrected chi connectivity index (χ3v) is 7.64. The van der Waals surface area contributed by atoms with Crippen LogP contribution in [-0.4, -0.2) is 19.5 Å². The summed E-state index contributed by atoms with van der Waals surface area (Å²) < 4.78 is 13.4. The number of rotatable bonds is 3. The number of thioether (sulfide) groups is 2. The molecule has 1 aromatic rings. The maximum atomic E-state index is 12.7. The first-order valence-corrected chi connectivity index (χ1v) is 8.82. The fourth-order valence-corrected chi connectivity index (χ4v) is 6.34. The minimum absolute atomic E-state index is 0.151. The van der Waals surface area contributed by atoms with Crippen LogP contribution in [0.15, 0.2) is 34.6 Å². The van der Waals surface area contributed by atoms with Gasteiger partial charge in [0.15, 0.2) is 0 Å². The number of hydrogen-bond donors (Lipinski definition) is 0. The van der Waals surface area contributed by atoms with Crippen molar-refractivity contribution in [2.45, 2.75) is 15.7 Å². The molecule has 0 bridgehead atoms. The second kappa shape index (κ2) is 6.00. The Morgan fingerprint density at radius 3 is 2.87 bits per heavy atom. The maximum absolute atomic E-state index is 12.7. The first-order valence-electron chi connectivity index (χ1n) is 4.63. The van der Waals surface area contributed by atoms with Crippen molar-refractivity contribution < 1.29 is 4.39 Å². The van der Waals surface area contributed by atoms with Crippen LogP contribution in [0.25, 0.3) is 0 Å². The van der Waals surface area contributed by atoms with Gasteiger partial charge in [-0.25, -0.2) is 0 Å². The molecule has 2 rings (SSSR count). The Morgan fingerprint density at radius 2 is 2.20 bits per heavy atom. The molecule has 0 amide bonds. The van der Waals surface area contributed by atoms with Crippen molar-refractivity contribution in [2.75, 3.05) is 0 Å². The molecular weight excluding hydrogens is 294 g/mol. The van der Waals surface area contributed by atoms with Crippen molar-refractivity contribution >= 4 is 38.5 Å². The molecule has 0 radical (unpaired) electrons. The molecule has 1 unspecified atom stereocenters. The van der Waals surface area contributed by atoms with Crippen molar-refractivity contribution in [1.82, 2.24) is 0 Å². The van der Waals surface area contributed by atoms with E-state index >= 15 is 0 Å². The first kappa shape index (κ1) is 11.6. The summed E-state index contributed by atoms with van der Waals surface area (Å²) in [6.45, 7) is 0. The fourth-order valence-electron chi connectivity index (χ4n) is 1.19. The van der Waals surface area contributed by atoms with Crippen LogP contribution in [0.1, 0.15) is 5.56 Å². The van der Waals surface area contributed by atoms with Gasteiger partial charge in [-0.05, 0) is 0 Å². The van der Waals surface area contributed by atoms with Gasteiger partial charge in [0.05, 0.1) is 0 Å². The molecule has 0 saturated carbocycles. The van der Waals surface area contributed by atoms with Crippen LogP contribution in [-0.2, 0) is 5.75 Å². The van der Waals surface area contributed by atoms with Crippen molar-refractivity contribution in [3.8, 4) is 0 Å². The molecule has 0 fully saturated rings. The standard InChI is InChI=1S/C11H11FS2Se/c12-10-3-1-9(2-4-10)7-14-11-8-15-6-5-13-11/h1-6,11H,7-8H2. The Kier molecular flexibility index (Phi) is 4.63. The zero-order valence-electron chi connectivity index (χ0n) is 8.06. The molecule has 0 aromatic heterocycles. The normalized spacial score (nSPS) is 20.5. The average molecular weight is 305 g/mol. The summed E-state index contributed by atoms with van der Waals surface area (Å²) in [5, 5.41) is 3.52. The molecule has 0 nitrogen and oxygen atoms in total. The van der Waals surface area contributed by atoms with E-state index in [0.717, 1.165) is 5.75 Å². The number of halogens is 1. The minimum atomic E-state index is -0.151. The zero-order chi connectivity index (χ0) is 10.5. The van der Waals surface area contributed by atoms with Crippen molar-refractivity contribution in [3.05, 3.63) is 46.0 Å². The van der Waals surface area contributed by atoms with Crippen molar-refractivity contribution in [1.29, 1.82) is 0 Å². The molecule has 1 aliphatic heterocycles. The van der Waals surface area contributed by atoms with Crippen molar-refractivity contribution in [2.24, 2.45) is 0 Å². The van der Waals surface area contributed by atoms with E-state index < -0.39 is 0 Å². The van der Waals surface area contributed by atoms with E-state index in [1.807, 2.05) is 35.7 Å². The van der Waals surface area contributed by atoms with Crippen LogP contribution in [0.4, 0.5) is 4.39 Å². The van der Waals surface area contributed by atoms with Crippen LogP contribution in [0, 0.1) is 5.82 Å². The quantitative estimate of drug-likeness (QED) is 0.781. The summed E-state index contributed by atoms with van der Waals surface area (Å²) in [5.74, 6) is 0.837. The van der Waals surface area contributed by atoms with E-state index in [2.05, 4.69) is 10.4 Å². The Balaban J connectivity index is 1.82. The predicted molar refractivity (Wildman–Crippen MR) is 68.8 cm³/mol. The Hall–Kier alpha value is 0.109. The first-order chi connectivity index (χ1) is 7.34. The van der Waals surface area contributed by atoms with Gasteiger partial charge in [-0.3, -0.25) is 0 Å². The molecular formula is C11H11FS2Se. The Morgan fingerprint density at radius 1 is 1.40 bits per heavy atom. The summed E-state index contributed by atoms with van der Waals surface area (Å²) >= 11 is 4.56. The van der Waals surface area contributed by atoms with Gasteiger partial charge in [-0.1, -0.05) is 0 Å². The van der Waals surface area contributed by atoms with E-state index in [0.29, 0.717) is 19.5 Å². The molecule has 0 saturated heterocycles. The van der Waals surface area contributed by atoms with Crippen molar-refractivity contribution in [3.63, 3.8) is 0 Å². The average Bonchev–Trinajstić information content (AvgIpc) is 2.30. The topological polar surface area (TPSA) is 0 Å². The van der Waals surface area contributed by atoms with Crippen LogP contribution in [0.2, 0.25) is 5.32 Å². The molecule has 15 heavy (non-hydrogen) atoms. The predicted octanol–water partition coefficient (Wildman–Crippen LogP) is 3.73. The molecule has 4 heteroatoms. The van der Waals surface area contributed by atoms with Gasteiger partial charge in [0.25, 0.3) is 0 Å². The fraction of sp³-hybridized carbons (Fsp3) is 0.273. The van der Waals surface area contributed by atoms with E-state index in [4.69, 9.17) is 0 Å². The van der Waals surface area contributed by atoms with E-state index in [9.17, 15) is 4.39 Å². The molecule has 80 valence electrons. The van der Waals surface area contributed by atoms with E-state index in [1.54, 1.807) is 0 Å². The van der Waals surface area contributed by atoms with Gasteiger partial charge >= 0.3 is 105 Å². The molecule has 0 aliphatic carbocycles. The van der Waals surface area contributed by atoms with Crippen LogP contribution >= 0.6 is 23.5 Å². The summed E-state index contributed by atoms with van der Waals surface area (Å²) in [7, 11) is 0. The van der Waals surface area contributed by atoms with Gasteiger partial charge in [-0.2, -0.15) is 0 Å². The van der Waals surface area contributed by atoms with Crippen LogP contribution < -0.4 is 0 Å². The van der Waals surface area contributed by atoms with Gasteiger partial charge in [0.2, 0.25) is 0 Å². The van der Waals surface area contributed by atoms with Gasteiger partial charge in [0.1, 0.15) is 0 Å². The Bertz CT molecular complexity index is 337. The summed E-state index contributed by atoms with van der Waals surface area (Å²) in [6.07, 6.45) is 0. The second-order valence-electron chi connectivity index (χ2n) is 3.11. The summed E-state index contributed by atoms with van der Waals surface area (Å²) in [4.78, 5) is 2.28. The van der Waals surface area contributed by atoms with Crippen LogP contribution in [0.3, 0.4) is 0 Å². The summed E-state index contributed by atoms with van der Waals surface area (Å²) in [5.41, 5.74) is 1.21. The Labute approximate surface area is 104 Å². The van der Waals surface area contributed by atoms with Gasteiger partial charge < -0.3 is 0 Å². The molecule has 1 atom stereocenters.